The normalized spacial score (nSPS) is 15.3. The monoisotopic (exact) mass is 333 g/mol. The summed E-state index contributed by atoms with van der Waals surface area (Å²) in [6.45, 7) is 1.17. The van der Waals surface area contributed by atoms with Gasteiger partial charge in [-0.25, -0.2) is 8.78 Å². The topological polar surface area (TPSA) is 58.4 Å². The van der Waals surface area contributed by atoms with E-state index in [1.54, 1.807) is 12.1 Å². The summed E-state index contributed by atoms with van der Waals surface area (Å²) >= 11 is 0. The van der Waals surface area contributed by atoms with Crippen molar-refractivity contribution in [3.8, 4) is 0 Å². The molecule has 1 aliphatic heterocycles. The van der Waals surface area contributed by atoms with Gasteiger partial charge in [0, 0.05) is 37.0 Å². The van der Waals surface area contributed by atoms with Crippen LogP contribution in [0.25, 0.3) is 0 Å². The second kappa shape index (κ2) is 6.82. The number of rotatable bonds is 4. The van der Waals surface area contributed by atoms with Crippen molar-refractivity contribution in [1.82, 2.24) is 0 Å². The van der Waals surface area contributed by atoms with E-state index in [9.17, 15) is 18.9 Å². The van der Waals surface area contributed by atoms with E-state index in [2.05, 4.69) is 5.32 Å². The molecule has 1 fully saturated rings. The third-order valence-electron chi connectivity index (χ3n) is 4.18. The summed E-state index contributed by atoms with van der Waals surface area (Å²) in [7, 11) is 0. The van der Waals surface area contributed by atoms with E-state index >= 15 is 0 Å². The van der Waals surface area contributed by atoms with Gasteiger partial charge in [0.25, 0.3) is 5.69 Å². The van der Waals surface area contributed by atoms with Gasteiger partial charge in [-0.2, -0.15) is 0 Å². The zero-order chi connectivity index (χ0) is 17.1. The molecule has 24 heavy (non-hydrogen) atoms. The number of hydrogen-bond acceptors (Lipinski definition) is 4. The van der Waals surface area contributed by atoms with Crippen molar-refractivity contribution in [2.45, 2.75) is 18.9 Å². The van der Waals surface area contributed by atoms with E-state index in [1.807, 2.05) is 4.90 Å². The lowest BCUT2D eigenvalue weighted by Crippen LogP contribution is -2.39. The molecule has 3 rings (SSSR count). The number of piperidine rings is 1. The van der Waals surface area contributed by atoms with Gasteiger partial charge in [-0.3, -0.25) is 10.1 Å². The third-order valence-corrected chi connectivity index (χ3v) is 4.18. The Balaban J connectivity index is 1.66. The van der Waals surface area contributed by atoms with Crippen LogP contribution < -0.4 is 10.2 Å². The van der Waals surface area contributed by atoms with Gasteiger partial charge in [-0.15, -0.1) is 0 Å². The number of benzene rings is 2. The highest BCUT2D eigenvalue weighted by molar-refractivity contribution is 5.63. The van der Waals surface area contributed by atoms with Crippen molar-refractivity contribution >= 4 is 17.1 Å². The molecular formula is C17H17F2N3O2. The highest BCUT2D eigenvalue weighted by Crippen LogP contribution is 2.31. The van der Waals surface area contributed by atoms with Crippen LogP contribution in [0, 0.1) is 21.7 Å². The lowest BCUT2D eigenvalue weighted by molar-refractivity contribution is -0.384. The molecule has 0 saturated carbocycles. The van der Waals surface area contributed by atoms with E-state index in [-0.39, 0.29) is 17.5 Å². The Hall–Kier alpha value is -2.70. The van der Waals surface area contributed by atoms with E-state index in [0.29, 0.717) is 18.8 Å². The number of nitro groups is 1. The summed E-state index contributed by atoms with van der Waals surface area (Å²) in [6.07, 6.45) is 1.51. The molecule has 0 unspecified atom stereocenters. The van der Waals surface area contributed by atoms with Gasteiger partial charge < -0.3 is 10.2 Å². The van der Waals surface area contributed by atoms with Crippen molar-refractivity contribution in [1.29, 1.82) is 0 Å². The third kappa shape index (κ3) is 3.61. The van der Waals surface area contributed by atoms with Crippen LogP contribution in [-0.2, 0) is 0 Å². The van der Waals surface area contributed by atoms with Crippen molar-refractivity contribution in [2.75, 3.05) is 23.3 Å². The number of hydrogen-bond donors (Lipinski definition) is 1. The molecule has 0 radical (unpaired) electrons. The maximum absolute atomic E-state index is 13.5. The largest absolute Gasteiger partial charge is 0.382 e. The first-order valence-electron chi connectivity index (χ1n) is 7.74. The maximum Gasteiger partial charge on any atom is 0.292 e. The average Bonchev–Trinajstić information content (AvgIpc) is 2.57. The van der Waals surface area contributed by atoms with Crippen LogP contribution in [0.15, 0.2) is 42.5 Å². The predicted octanol–water partition coefficient (Wildman–Crippen LogP) is 3.95. The molecule has 0 aromatic heterocycles. The molecule has 7 heteroatoms. The second-order valence-corrected chi connectivity index (χ2v) is 5.80. The number of nitrogens with one attached hydrogen (secondary N) is 1. The summed E-state index contributed by atoms with van der Waals surface area (Å²) in [5, 5.41) is 14.4. The number of nitro benzene ring substituents is 1. The Kier molecular flexibility index (Phi) is 4.59. The zero-order valence-electron chi connectivity index (χ0n) is 12.9. The van der Waals surface area contributed by atoms with Crippen molar-refractivity contribution in [3.63, 3.8) is 0 Å². The van der Waals surface area contributed by atoms with Gasteiger partial charge in [-0.05, 0) is 43.2 Å². The van der Waals surface area contributed by atoms with Crippen LogP contribution in [0.2, 0.25) is 0 Å². The molecule has 1 saturated heterocycles. The standard InChI is InChI=1S/C17H17F2N3O2/c18-12-1-4-14(5-2-12)20-15-7-9-21(10-8-15)17-11-13(19)3-6-16(17)22(23)24/h1-6,11,15,20H,7-10H2. The van der Waals surface area contributed by atoms with Gasteiger partial charge >= 0.3 is 0 Å². The molecule has 2 aromatic carbocycles. The minimum atomic E-state index is -0.488. The number of nitrogens with zero attached hydrogens (tertiary/aromatic N) is 2. The Bertz CT molecular complexity index is 729. The summed E-state index contributed by atoms with van der Waals surface area (Å²) in [5.74, 6) is -0.768. The van der Waals surface area contributed by atoms with E-state index in [4.69, 9.17) is 0 Å². The zero-order valence-corrected chi connectivity index (χ0v) is 12.9. The lowest BCUT2D eigenvalue weighted by atomic mass is 10.0. The molecule has 1 aliphatic rings. The summed E-state index contributed by atoms with van der Waals surface area (Å²) in [6, 6.07) is 9.86. The molecule has 0 amide bonds. The van der Waals surface area contributed by atoms with Crippen LogP contribution in [0.1, 0.15) is 12.8 Å². The van der Waals surface area contributed by atoms with Gasteiger partial charge in [-0.1, -0.05) is 0 Å². The highest BCUT2D eigenvalue weighted by atomic mass is 19.1. The van der Waals surface area contributed by atoms with Gasteiger partial charge in [0.05, 0.1) is 4.92 Å². The molecule has 0 aliphatic carbocycles. The van der Waals surface area contributed by atoms with Crippen molar-refractivity contribution < 1.29 is 13.7 Å². The molecule has 5 nitrogen and oxygen atoms in total. The summed E-state index contributed by atoms with van der Waals surface area (Å²) in [4.78, 5) is 12.5. The van der Waals surface area contributed by atoms with Crippen LogP contribution in [-0.4, -0.2) is 24.1 Å². The predicted molar refractivity (Wildman–Crippen MR) is 88.3 cm³/mol. The van der Waals surface area contributed by atoms with Gasteiger partial charge in [0.1, 0.15) is 17.3 Å². The van der Waals surface area contributed by atoms with E-state index in [1.165, 1.54) is 24.3 Å². The van der Waals surface area contributed by atoms with Crippen LogP contribution in [0.4, 0.5) is 25.8 Å². The van der Waals surface area contributed by atoms with E-state index < -0.39 is 10.7 Å². The first-order chi connectivity index (χ1) is 11.5. The molecule has 0 atom stereocenters. The molecule has 1 heterocycles. The first kappa shape index (κ1) is 16.2. The highest BCUT2D eigenvalue weighted by Gasteiger charge is 2.25. The molecule has 0 bridgehead atoms. The molecule has 1 N–H and O–H groups in total. The Morgan fingerprint density at radius 1 is 1.04 bits per heavy atom. The summed E-state index contributed by atoms with van der Waals surface area (Å²) in [5.41, 5.74) is 1.08. The van der Waals surface area contributed by atoms with Crippen LogP contribution >= 0.6 is 0 Å². The molecule has 0 spiro atoms. The minimum absolute atomic E-state index is 0.0821. The Labute approximate surface area is 138 Å². The van der Waals surface area contributed by atoms with Gasteiger partial charge in [0.15, 0.2) is 0 Å². The average molecular weight is 333 g/mol. The van der Waals surface area contributed by atoms with Crippen LogP contribution in [0.3, 0.4) is 0 Å². The molecule has 126 valence electrons. The Morgan fingerprint density at radius 3 is 2.29 bits per heavy atom. The quantitative estimate of drug-likeness (QED) is 0.680. The fourth-order valence-electron chi connectivity index (χ4n) is 2.95. The fourth-order valence-corrected chi connectivity index (χ4v) is 2.95. The summed E-state index contributed by atoms with van der Waals surface area (Å²) < 4.78 is 26.4. The fraction of sp³-hybridized carbons (Fsp3) is 0.294. The second-order valence-electron chi connectivity index (χ2n) is 5.80. The van der Waals surface area contributed by atoms with Gasteiger partial charge in [0.2, 0.25) is 0 Å². The van der Waals surface area contributed by atoms with Crippen molar-refractivity contribution in [3.05, 3.63) is 64.2 Å². The Morgan fingerprint density at radius 2 is 1.67 bits per heavy atom. The first-order valence-corrected chi connectivity index (χ1v) is 7.74. The molecule has 2 aromatic rings. The van der Waals surface area contributed by atoms with Crippen LogP contribution in [0.5, 0.6) is 0 Å². The maximum atomic E-state index is 13.5. The molecular weight excluding hydrogens is 316 g/mol. The minimum Gasteiger partial charge on any atom is -0.382 e. The van der Waals surface area contributed by atoms with E-state index in [0.717, 1.165) is 24.6 Å². The number of halogens is 2. The lowest BCUT2D eigenvalue weighted by Gasteiger charge is -2.34. The smallest absolute Gasteiger partial charge is 0.292 e. The SMILES string of the molecule is O=[N+]([O-])c1ccc(F)cc1N1CCC(Nc2ccc(F)cc2)CC1. The number of anilines is 2. The van der Waals surface area contributed by atoms with Crippen molar-refractivity contribution in [2.24, 2.45) is 0 Å².